The third-order valence-corrected chi connectivity index (χ3v) is 3.85. The van der Waals surface area contributed by atoms with E-state index in [1.807, 2.05) is 67.6 Å². The topological polar surface area (TPSA) is 49.4 Å². The molecule has 0 radical (unpaired) electrons. The molecule has 4 heteroatoms. The SMILES string of the molecule is CCCN(C(=O)/C=C/c1ccccc1)[C@@H](C)C(=O)Nc1ccccc1. The van der Waals surface area contributed by atoms with E-state index in [4.69, 9.17) is 0 Å². The van der Waals surface area contributed by atoms with Crippen LogP contribution in [0.5, 0.6) is 0 Å². The van der Waals surface area contributed by atoms with Gasteiger partial charge in [0.1, 0.15) is 6.04 Å². The summed E-state index contributed by atoms with van der Waals surface area (Å²) in [7, 11) is 0. The first-order valence-corrected chi connectivity index (χ1v) is 8.51. The van der Waals surface area contributed by atoms with Crippen molar-refractivity contribution in [2.24, 2.45) is 0 Å². The minimum atomic E-state index is -0.548. The molecule has 1 N–H and O–H groups in total. The van der Waals surface area contributed by atoms with Crippen LogP contribution < -0.4 is 5.32 Å². The molecule has 0 saturated heterocycles. The number of para-hydroxylation sites is 1. The smallest absolute Gasteiger partial charge is 0.247 e. The standard InChI is InChI=1S/C21H24N2O2/c1-3-16-23(20(24)15-14-18-10-6-4-7-11-18)17(2)21(25)22-19-12-8-5-9-13-19/h4-15,17H,3,16H2,1-2H3,(H,22,25)/b15-14+/t17-/m0/s1. The largest absolute Gasteiger partial charge is 0.327 e. The first-order valence-electron chi connectivity index (χ1n) is 8.51. The summed E-state index contributed by atoms with van der Waals surface area (Å²) in [4.78, 5) is 26.6. The second-order valence-electron chi connectivity index (χ2n) is 5.81. The van der Waals surface area contributed by atoms with E-state index in [1.165, 1.54) is 6.08 Å². The number of nitrogens with one attached hydrogen (secondary N) is 1. The first kappa shape index (κ1) is 18.5. The van der Waals surface area contributed by atoms with Crippen LogP contribution in [0, 0.1) is 0 Å². The van der Waals surface area contributed by atoms with Crippen LogP contribution in [0.3, 0.4) is 0 Å². The molecular weight excluding hydrogens is 312 g/mol. The molecule has 0 aliphatic heterocycles. The second kappa shape index (κ2) is 9.42. The van der Waals surface area contributed by atoms with E-state index in [9.17, 15) is 9.59 Å². The Kier molecular flexibility index (Phi) is 6.96. The van der Waals surface area contributed by atoms with Crippen molar-refractivity contribution in [3.05, 3.63) is 72.3 Å². The molecule has 130 valence electrons. The molecule has 0 aliphatic carbocycles. The first-order chi connectivity index (χ1) is 12.1. The Bertz CT molecular complexity index is 711. The Morgan fingerprint density at radius 1 is 1.04 bits per heavy atom. The van der Waals surface area contributed by atoms with E-state index < -0.39 is 6.04 Å². The highest BCUT2D eigenvalue weighted by Gasteiger charge is 2.23. The minimum absolute atomic E-state index is 0.165. The van der Waals surface area contributed by atoms with Crippen LogP contribution in [0.15, 0.2) is 66.7 Å². The summed E-state index contributed by atoms with van der Waals surface area (Å²) in [6.45, 7) is 4.27. The predicted octanol–water partition coefficient (Wildman–Crippen LogP) is 3.97. The van der Waals surface area contributed by atoms with Gasteiger partial charge in [0.2, 0.25) is 11.8 Å². The Morgan fingerprint density at radius 2 is 1.64 bits per heavy atom. The lowest BCUT2D eigenvalue weighted by Crippen LogP contribution is -2.45. The predicted molar refractivity (Wildman–Crippen MR) is 102 cm³/mol. The summed E-state index contributed by atoms with van der Waals surface area (Å²) in [5.74, 6) is -0.359. The Labute approximate surface area is 149 Å². The van der Waals surface area contributed by atoms with Crippen molar-refractivity contribution in [1.82, 2.24) is 4.90 Å². The zero-order valence-electron chi connectivity index (χ0n) is 14.7. The molecule has 1 atom stereocenters. The number of anilines is 1. The number of hydrogen-bond donors (Lipinski definition) is 1. The molecule has 0 aliphatic rings. The van der Waals surface area contributed by atoms with Crippen LogP contribution in [0.2, 0.25) is 0 Å². The maximum absolute atomic E-state index is 12.6. The van der Waals surface area contributed by atoms with Gasteiger partial charge in [0.15, 0.2) is 0 Å². The molecule has 0 saturated carbocycles. The van der Waals surface area contributed by atoms with Crippen molar-refractivity contribution in [1.29, 1.82) is 0 Å². The van der Waals surface area contributed by atoms with Crippen molar-refractivity contribution in [3.8, 4) is 0 Å². The highest BCUT2D eigenvalue weighted by atomic mass is 16.2. The molecule has 0 unspecified atom stereocenters. The number of amides is 2. The number of hydrogen-bond acceptors (Lipinski definition) is 2. The van der Waals surface area contributed by atoms with Crippen LogP contribution in [-0.4, -0.2) is 29.3 Å². The lowest BCUT2D eigenvalue weighted by Gasteiger charge is -2.27. The second-order valence-corrected chi connectivity index (χ2v) is 5.81. The van der Waals surface area contributed by atoms with Crippen molar-refractivity contribution in [2.75, 3.05) is 11.9 Å². The van der Waals surface area contributed by atoms with Crippen LogP contribution in [0.1, 0.15) is 25.8 Å². The van der Waals surface area contributed by atoms with Crippen molar-refractivity contribution in [3.63, 3.8) is 0 Å². The number of nitrogens with zero attached hydrogens (tertiary/aromatic N) is 1. The number of carbonyl (C=O) groups is 2. The number of rotatable bonds is 7. The highest BCUT2D eigenvalue weighted by Crippen LogP contribution is 2.10. The third-order valence-electron chi connectivity index (χ3n) is 3.85. The van der Waals surface area contributed by atoms with Gasteiger partial charge in [0, 0.05) is 18.3 Å². The van der Waals surface area contributed by atoms with Gasteiger partial charge in [-0.3, -0.25) is 9.59 Å². The van der Waals surface area contributed by atoms with Gasteiger partial charge in [-0.2, -0.15) is 0 Å². The Morgan fingerprint density at radius 3 is 2.24 bits per heavy atom. The summed E-state index contributed by atoms with van der Waals surface area (Å²) >= 11 is 0. The lowest BCUT2D eigenvalue weighted by molar-refractivity contribution is -0.134. The van der Waals surface area contributed by atoms with E-state index in [0.29, 0.717) is 6.54 Å². The van der Waals surface area contributed by atoms with Crippen molar-refractivity contribution < 1.29 is 9.59 Å². The van der Waals surface area contributed by atoms with Gasteiger partial charge < -0.3 is 10.2 Å². The summed E-state index contributed by atoms with van der Waals surface area (Å²) in [6, 6.07) is 18.3. The molecule has 2 aromatic carbocycles. The van der Waals surface area contributed by atoms with Crippen LogP contribution in [0.4, 0.5) is 5.69 Å². The monoisotopic (exact) mass is 336 g/mol. The summed E-state index contributed by atoms with van der Waals surface area (Å²) in [5.41, 5.74) is 1.68. The van der Waals surface area contributed by atoms with Gasteiger partial charge in [0.05, 0.1) is 0 Å². The molecule has 0 spiro atoms. The normalized spacial score (nSPS) is 11.9. The van der Waals surface area contributed by atoms with E-state index >= 15 is 0 Å². The molecule has 0 fully saturated rings. The summed E-state index contributed by atoms with van der Waals surface area (Å²) in [5, 5.41) is 2.85. The minimum Gasteiger partial charge on any atom is -0.327 e. The fraction of sp³-hybridized carbons (Fsp3) is 0.238. The fourth-order valence-electron chi connectivity index (χ4n) is 2.47. The fourth-order valence-corrected chi connectivity index (χ4v) is 2.47. The molecule has 0 heterocycles. The third kappa shape index (κ3) is 5.60. The van der Waals surface area contributed by atoms with Gasteiger partial charge >= 0.3 is 0 Å². The maximum atomic E-state index is 12.6. The van der Waals surface area contributed by atoms with Gasteiger partial charge in [-0.05, 0) is 37.1 Å². The summed E-state index contributed by atoms with van der Waals surface area (Å²) < 4.78 is 0. The average molecular weight is 336 g/mol. The molecule has 2 rings (SSSR count). The van der Waals surface area contributed by atoms with Crippen LogP contribution in [0.25, 0.3) is 6.08 Å². The van der Waals surface area contributed by atoms with E-state index in [0.717, 1.165) is 17.7 Å². The molecule has 25 heavy (non-hydrogen) atoms. The van der Waals surface area contributed by atoms with Crippen molar-refractivity contribution in [2.45, 2.75) is 26.3 Å². The van der Waals surface area contributed by atoms with Gasteiger partial charge in [-0.1, -0.05) is 55.5 Å². The van der Waals surface area contributed by atoms with Crippen LogP contribution >= 0.6 is 0 Å². The quantitative estimate of drug-likeness (QED) is 0.778. The number of carbonyl (C=O) groups excluding carboxylic acids is 2. The maximum Gasteiger partial charge on any atom is 0.247 e. The van der Waals surface area contributed by atoms with Gasteiger partial charge in [-0.15, -0.1) is 0 Å². The molecule has 2 aromatic rings. The molecule has 4 nitrogen and oxygen atoms in total. The van der Waals surface area contributed by atoms with E-state index in [2.05, 4.69) is 5.32 Å². The average Bonchev–Trinajstić information content (AvgIpc) is 2.65. The Balaban J connectivity index is 2.06. The zero-order chi connectivity index (χ0) is 18.1. The molecule has 2 amide bonds. The highest BCUT2D eigenvalue weighted by molar-refractivity contribution is 5.99. The zero-order valence-corrected chi connectivity index (χ0v) is 14.7. The van der Waals surface area contributed by atoms with Crippen LogP contribution in [-0.2, 0) is 9.59 Å². The van der Waals surface area contributed by atoms with E-state index in [-0.39, 0.29) is 11.8 Å². The molecular formula is C21H24N2O2. The molecule has 0 bridgehead atoms. The molecule has 0 aromatic heterocycles. The van der Waals surface area contributed by atoms with Gasteiger partial charge in [0.25, 0.3) is 0 Å². The lowest BCUT2D eigenvalue weighted by atomic mass is 10.2. The summed E-state index contributed by atoms with van der Waals surface area (Å²) in [6.07, 6.45) is 4.08. The Hall–Kier alpha value is -2.88. The number of benzene rings is 2. The van der Waals surface area contributed by atoms with Gasteiger partial charge in [-0.25, -0.2) is 0 Å². The van der Waals surface area contributed by atoms with E-state index in [1.54, 1.807) is 17.9 Å². The van der Waals surface area contributed by atoms with Crippen molar-refractivity contribution >= 4 is 23.6 Å².